The lowest BCUT2D eigenvalue weighted by atomic mass is 10.3. The SMILES string of the molecule is C=C(C)C(=O)OCC1CO1.C=C(C)C(=O)OCCCCOC(=O)C(=C)C.C=CCOC(=O)C(=C)C. The third-order valence-electron chi connectivity index (χ3n) is 3.53. The molecule has 0 bridgehead atoms. The Morgan fingerprint density at radius 3 is 1.37 bits per heavy atom. The molecule has 0 radical (unpaired) electrons. The fourth-order valence-electron chi connectivity index (χ4n) is 1.49. The largest absolute Gasteiger partial charge is 0.462 e. The summed E-state index contributed by atoms with van der Waals surface area (Å²) in [6.45, 7) is 25.5. The summed E-state index contributed by atoms with van der Waals surface area (Å²) in [6, 6.07) is 0. The molecule has 0 N–H and O–H groups in total. The van der Waals surface area contributed by atoms with Crippen LogP contribution in [-0.2, 0) is 42.9 Å². The van der Waals surface area contributed by atoms with Crippen LogP contribution < -0.4 is 0 Å². The zero-order chi connectivity index (χ0) is 27.4. The number of hydrogen-bond donors (Lipinski definition) is 0. The van der Waals surface area contributed by atoms with E-state index < -0.39 is 0 Å². The fraction of sp³-hybridized carbons (Fsp3) is 0.462. The van der Waals surface area contributed by atoms with Crippen LogP contribution in [0.25, 0.3) is 0 Å². The molecule has 1 heterocycles. The van der Waals surface area contributed by atoms with Crippen LogP contribution in [0, 0.1) is 0 Å². The fourth-order valence-corrected chi connectivity index (χ4v) is 1.49. The number of carbonyl (C=O) groups is 4. The molecule has 9 nitrogen and oxygen atoms in total. The van der Waals surface area contributed by atoms with Crippen molar-refractivity contribution in [2.75, 3.05) is 33.0 Å². The molecule has 1 aliphatic heterocycles. The van der Waals surface area contributed by atoms with Gasteiger partial charge in [0.2, 0.25) is 0 Å². The predicted octanol–water partition coefficient (Wildman–Crippen LogP) is 3.80. The molecule has 0 saturated carbocycles. The molecular formula is C26H38O9. The third kappa shape index (κ3) is 22.1. The average molecular weight is 495 g/mol. The van der Waals surface area contributed by atoms with Crippen LogP contribution in [0.2, 0.25) is 0 Å². The molecule has 1 atom stereocenters. The van der Waals surface area contributed by atoms with Gasteiger partial charge in [-0.05, 0) is 40.5 Å². The average Bonchev–Trinajstić information content (AvgIpc) is 3.62. The lowest BCUT2D eigenvalue weighted by molar-refractivity contribution is -0.141. The number of epoxide rings is 1. The van der Waals surface area contributed by atoms with E-state index in [1.165, 1.54) is 6.08 Å². The molecule has 1 fully saturated rings. The molecular weight excluding hydrogens is 456 g/mol. The summed E-state index contributed by atoms with van der Waals surface area (Å²) in [4.78, 5) is 43.1. The van der Waals surface area contributed by atoms with Crippen LogP contribution >= 0.6 is 0 Å². The molecule has 0 aromatic rings. The Kier molecular flexibility index (Phi) is 19.2. The molecule has 9 heteroatoms. The molecule has 196 valence electrons. The quantitative estimate of drug-likeness (QED) is 0.0940. The van der Waals surface area contributed by atoms with Gasteiger partial charge >= 0.3 is 23.9 Å². The highest BCUT2D eigenvalue weighted by Gasteiger charge is 2.24. The first-order valence-corrected chi connectivity index (χ1v) is 10.9. The minimum Gasteiger partial charge on any atom is -0.462 e. The third-order valence-corrected chi connectivity index (χ3v) is 3.53. The first-order valence-electron chi connectivity index (χ1n) is 10.9. The molecule has 0 aliphatic carbocycles. The van der Waals surface area contributed by atoms with Gasteiger partial charge in [-0.3, -0.25) is 0 Å². The second-order valence-electron chi connectivity index (χ2n) is 7.54. The highest BCUT2D eigenvalue weighted by atomic mass is 16.6. The van der Waals surface area contributed by atoms with E-state index in [4.69, 9.17) is 18.9 Å². The van der Waals surface area contributed by atoms with Crippen molar-refractivity contribution in [3.8, 4) is 0 Å². The number of hydrogen-bond acceptors (Lipinski definition) is 9. The van der Waals surface area contributed by atoms with Gasteiger partial charge in [-0.25, -0.2) is 19.2 Å². The number of esters is 4. The molecule has 1 saturated heterocycles. The molecule has 0 aromatic heterocycles. The summed E-state index contributed by atoms with van der Waals surface area (Å²) in [5.74, 6) is -1.48. The number of unbranched alkanes of at least 4 members (excludes halogenated alkanes) is 1. The van der Waals surface area contributed by atoms with Crippen LogP contribution in [0.3, 0.4) is 0 Å². The van der Waals surface area contributed by atoms with Gasteiger partial charge in [-0.15, -0.1) is 0 Å². The zero-order valence-electron chi connectivity index (χ0n) is 21.3. The van der Waals surface area contributed by atoms with Gasteiger partial charge in [-0.2, -0.15) is 0 Å². The van der Waals surface area contributed by atoms with Gasteiger partial charge in [-0.1, -0.05) is 39.0 Å². The van der Waals surface area contributed by atoms with E-state index in [-0.39, 0.29) is 36.6 Å². The van der Waals surface area contributed by atoms with Crippen molar-refractivity contribution in [2.45, 2.75) is 46.6 Å². The van der Waals surface area contributed by atoms with E-state index >= 15 is 0 Å². The highest BCUT2D eigenvalue weighted by Crippen LogP contribution is 2.09. The first-order chi connectivity index (χ1) is 16.3. The van der Waals surface area contributed by atoms with Crippen molar-refractivity contribution in [3.05, 3.63) is 61.3 Å². The van der Waals surface area contributed by atoms with Crippen molar-refractivity contribution in [3.63, 3.8) is 0 Å². The molecule has 0 amide bonds. The van der Waals surface area contributed by atoms with E-state index in [0.717, 1.165) is 0 Å². The van der Waals surface area contributed by atoms with E-state index in [1.807, 2.05) is 0 Å². The molecule has 1 unspecified atom stereocenters. The minimum absolute atomic E-state index is 0.142. The van der Waals surface area contributed by atoms with Crippen molar-refractivity contribution in [1.82, 2.24) is 0 Å². The van der Waals surface area contributed by atoms with E-state index in [0.29, 0.717) is 61.6 Å². The second kappa shape index (κ2) is 20.0. The van der Waals surface area contributed by atoms with Gasteiger partial charge in [0.25, 0.3) is 0 Å². The van der Waals surface area contributed by atoms with Crippen molar-refractivity contribution < 1.29 is 42.9 Å². The number of ether oxygens (including phenoxy) is 5. The predicted molar refractivity (Wildman–Crippen MR) is 132 cm³/mol. The Balaban J connectivity index is 0. The maximum absolute atomic E-state index is 11.0. The smallest absolute Gasteiger partial charge is 0.333 e. The maximum Gasteiger partial charge on any atom is 0.333 e. The number of rotatable bonds is 13. The Bertz CT molecular complexity index is 759. The van der Waals surface area contributed by atoms with Crippen molar-refractivity contribution in [2.24, 2.45) is 0 Å². The summed E-state index contributed by atoms with van der Waals surface area (Å²) < 4.78 is 23.9. The molecule has 1 aliphatic rings. The molecule has 1 rings (SSSR count). The lowest BCUT2D eigenvalue weighted by Crippen LogP contribution is -2.09. The Hall–Kier alpha value is -3.46. The van der Waals surface area contributed by atoms with Gasteiger partial charge < -0.3 is 23.7 Å². The topological polar surface area (TPSA) is 118 Å². The summed E-state index contributed by atoms with van der Waals surface area (Å²) in [6.07, 6.45) is 2.97. The Labute approximate surface area is 208 Å². The van der Waals surface area contributed by atoms with Crippen molar-refractivity contribution in [1.29, 1.82) is 0 Å². The van der Waals surface area contributed by atoms with E-state index in [9.17, 15) is 19.2 Å². The van der Waals surface area contributed by atoms with Crippen LogP contribution in [0.1, 0.15) is 40.5 Å². The van der Waals surface area contributed by atoms with Crippen LogP contribution in [0.15, 0.2) is 61.3 Å². The van der Waals surface area contributed by atoms with E-state index in [1.54, 1.807) is 27.7 Å². The maximum atomic E-state index is 11.0. The van der Waals surface area contributed by atoms with Gasteiger partial charge in [0.1, 0.15) is 19.3 Å². The summed E-state index contributed by atoms with van der Waals surface area (Å²) >= 11 is 0. The summed E-state index contributed by atoms with van der Waals surface area (Å²) in [5.41, 5.74) is 1.61. The van der Waals surface area contributed by atoms with Gasteiger partial charge in [0.15, 0.2) is 0 Å². The normalized spacial score (nSPS) is 12.6. The first kappa shape index (κ1) is 33.7. The van der Waals surface area contributed by atoms with Crippen LogP contribution in [-0.4, -0.2) is 63.0 Å². The summed E-state index contributed by atoms with van der Waals surface area (Å²) in [5, 5.41) is 0. The van der Waals surface area contributed by atoms with Crippen molar-refractivity contribution >= 4 is 23.9 Å². The molecule has 0 aromatic carbocycles. The van der Waals surface area contributed by atoms with Gasteiger partial charge in [0, 0.05) is 22.3 Å². The van der Waals surface area contributed by atoms with E-state index in [2.05, 4.69) is 37.6 Å². The monoisotopic (exact) mass is 494 g/mol. The van der Waals surface area contributed by atoms with Crippen LogP contribution in [0.4, 0.5) is 0 Å². The van der Waals surface area contributed by atoms with Gasteiger partial charge in [0.05, 0.1) is 19.8 Å². The Morgan fingerprint density at radius 1 is 0.714 bits per heavy atom. The lowest BCUT2D eigenvalue weighted by Gasteiger charge is -2.05. The Morgan fingerprint density at radius 2 is 1.06 bits per heavy atom. The zero-order valence-corrected chi connectivity index (χ0v) is 21.3. The van der Waals surface area contributed by atoms with Crippen LogP contribution in [0.5, 0.6) is 0 Å². The minimum atomic E-state index is -0.390. The molecule has 0 spiro atoms. The molecule has 35 heavy (non-hydrogen) atoms. The second-order valence-corrected chi connectivity index (χ2v) is 7.54. The standard InChI is InChI=1S/C12H18O4.C7H10O3.C7H10O2/c1-9(2)11(13)15-7-5-6-8-16-12(14)10(3)4;1-5(2)7(8)10-4-6-3-9-6;1-4-5-9-7(8)6(2)3/h1,3,5-8H2,2,4H3;6H,1,3-4H2,2H3;4H,1-2,5H2,3H3. The number of carbonyl (C=O) groups excluding carboxylic acids is 4. The highest BCUT2D eigenvalue weighted by molar-refractivity contribution is 5.88. The summed E-state index contributed by atoms with van der Waals surface area (Å²) in [7, 11) is 0.